The number of methoxy groups -OCH3 is 1. The molecule has 1 N–H and O–H groups in total. The predicted molar refractivity (Wildman–Crippen MR) is 88.1 cm³/mol. The number of hydrogen-bond acceptors (Lipinski definition) is 3. The Morgan fingerprint density at radius 1 is 1.19 bits per heavy atom. The second-order valence-electron chi connectivity index (χ2n) is 5.64. The lowest BCUT2D eigenvalue weighted by Crippen LogP contribution is -2.07. The smallest absolute Gasteiger partial charge is 0.128 e. The van der Waals surface area contributed by atoms with Crippen molar-refractivity contribution in [3.63, 3.8) is 0 Å². The zero-order valence-electron chi connectivity index (χ0n) is 13.5. The van der Waals surface area contributed by atoms with Crippen LogP contribution in [0.4, 0.5) is 5.69 Å². The van der Waals surface area contributed by atoms with Gasteiger partial charge in [-0.2, -0.15) is 0 Å². The van der Waals surface area contributed by atoms with Gasteiger partial charge in [0.15, 0.2) is 0 Å². The second-order valence-corrected chi connectivity index (χ2v) is 5.64. The Bertz CT molecular complexity index is 621. The molecule has 3 heteroatoms. The van der Waals surface area contributed by atoms with Crippen molar-refractivity contribution >= 4 is 5.69 Å². The Balaban J connectivity index is 2.21. The Morgan fingerprint density at radius 3 is 2.57 bits per heavy atom. The van der Waals surface area contributed by atoms with Crippen molar-refractivity contribution in [1.82, 2.24) is 4.98 Å². The molecule has 0 bridgehead atoms. The molecule has 0 saturated carbocycles. The molecule has 0 aliphatic carbocycles. The summed E-state index contributed by atoms with van der Waals surface area (Å²) in [6.07, 6.45) is 1.87. The standard InChI is InChI=1S/C18H24N2O/c1-12(2)15-8-6-7-9-16(15)20-11-17-14(4)18(21-5)13(3)10-19-17/h6-10,12,20H,11H2,1-5H3. The molecular formula is C18H24N2O. The highest BCUT2D eigenvalue weighted by Gasteiger charge is 2.10. The van der Waals surface area contributed by atoms with Crippen molar-refractivity contribution in [3.8, 4) is 5.75 Å². The average molecular weight is 284 g/mol. The number of nitrogens with one attached hydrogen (secondary N) is 1. The Hall–Kier alpha value is -2.03. The van der Waals surface area contributed by atoms with E-state index in [1.165, 1.54) is 11.3 Å². The molecular weight excluding hydrogens is 260 g/mol. The first kappa shape index (κ1) is 15.4. The number of ether oxygens (including phenoxy) is 1. The number of nitrogens with zero attached hydrogens (tertiary/aromatic N) is 1. The van der Waals surface area contributed by atoms with E-state index in [0.29, 0.717) is 12.5 Å². The molecule has 1 aromatic carbocycles. The van der Waals surface area contributed by atoms with Crippen LogP contribution < -0.4 is 10.1 Å². The fourth-order valence-electron chi connectivity index (χ4n) is 2.59. The van der Waals surface area contributed by atoms with Gasteiger partial charge in [-0.25, -0.2) is 0 Å². The number of hydrogen-bond donors (Lipinski definition) is 1. The summed E-state index contributed by atoms with van der Waals surface area (Å²) in [5, 5.41) is 3.50. The highest BCUT2D eigenvalue weighted by atomic mass is 16.5. The lowest BCUT2D eigenvalue weighted by molar-refractivity contribution is 0.407. The molecule has 0 aliphatic heterocycles. The predicted octanol–water partition coefficient (Wildman–Crippen LogP) is 4.44. The molecule has 0 radical (unpaired) electrons. The van der Waals surface area contributed by atoms with Crippen LogP contribution in [0, 0.1) is 13.8 Å². The van der Waals surface area contributed by atoms with E-state index in [9.17, 15) is 0 Å². The highest BCUT2D eigenvalue weighted by Crippen LogP contribution is 2.27. The number of anilines is 1. The van der Waals surface area contributed by atoms with Gasteiger partial charge < -0.3 is 10.1 Å². The molecule has 2 rings (SSSR count). The maximum atomic E-state index is 5.46. The number of rotatable bonds is 5. The quantitative estimate of drug-likeness (QED) is 0.881. The van der Waals surface area contributed by atoms with Gasteiger partial charge in [-0.15, -0.1) is 0 Å². The summed E-state index contributed by atoms with van der Waals surface area (Å²) in [4.78, 5) is 4.53. The molecule has 3 nitrogen and oxygen atoms in total. The summed E-state index contributed by atoms with van der Waals surface area (Å²) in [5.41, 5.74) is 5.70. The van der Waals surface area contributed by atoms with E-state index in [2.05, 4.69) is 55.3 Å². The highest BCUT2D eigenvalue weighted by molar-refractivity contribution is 5.53. The fraction of sp³-hybridized carbons (Fsp3) is 0.389. The molecule has 0 unspecified atom stereocenters. The van der Waals surface area contributed by atoms with Crippen LogP contribution in [0.25, 0.3) is 0 Å². The summed E-state index contributed by atoms with van der Waals surface area (Å²) < 4.78 is 5.46. The first-order valence-corrected chi connectivity index (χ1v) is 7.36. The molecule has 0 saturated heterocycles. The van der Waals surface area contributed by atoms with Crippen molar-refractivity contribution in [2.24, 2.45) is 0 Å². The van der Waals surface area contributed by atoms with E-state index in [1.54, 1.807) is 7.11 Å². The van der Waals surface area contributed by atoms with E-state index in [4.69, 9.17) is 4.74 Å². The van der Waals surface area contributed by atoms with Crippen LogP contribution in [0.5, 0.6) is 5.75 Å². The van der Waals surface area contributed by atoms with Crippen molar-refractivity contribution in [3.05, 3.63) is 52.8 Å². The Labute approximate surface area is 127 Å². The molecule has 0 aliphatic rings. The molecule has 0 amide bonds. The first-order valence-electron chi connectivity index (χ1n) is 7.36. The normalized spacial score (nSPS) is 10.8. The van der Waals surface area contributed by atoms with E-state index in [0.717, 1.165) is 22.6 Å². The number of pyridine rings is 1. The van der Waals surface area contributed by atoms with Gasteiger partial charge in [0.2, 0.25) is 0 Å². The average Bonchev–Trinajstić information content (AvgIpc) is 2.47. The second kappa shape index (κ2) is 6.61. The zero-order chi connectivity index (χ0) is 15.4. The summed E-state index contributed by atoms with van der Waals surface area (Å²) in [5.74, 6) is 1.43. The topological polar surface area (TPSA) is 34.1 Å². The van der Waals surface area contributed by atoms with Gasteiger partial charge in [0.05, 0.1) is 19.3 Å². The lowest BCUT2D eigenvalue weighted by Gasteiger charge is -2.16. The first-order chi connectivity index (χ1) is 10.0. The Kier molecular flexibility index (Phi) is 4.84. The SMILES string of the molecule is COc1c(C)cnc(CNc2ccccc2C(C)C)c1C. The van der Waals surface area contributed by atoms with Gasteiger partial charge in [0.1, 0.15) is 5.75 Å². The van der Waals surface area contributed by atoms with Crippen LogP contribution in [0.15, 0.2) is 30.5 Å². The van der Waals surface area contributed by atoms with Gasteiger partial charge in [0.25, 0.3) is 0 Å². The van der Waals surface area contributed by atoms with Gasteiger partial charge in [0, 0.05) is 23.0 Å². The maximum Gasteiger partial charge on any atom is 0.128 e. The number of aryl methyl sites for hydroxylation is 1. The van der Waals surface area contributed by atoms with Gasteiger partial charge in [-0.3, -0.25) is 4.98 Å². The molecule has 1 heterocycles. The Morgan fingerprint density at radius 2 is 1.90 bits per heavy atom. The van der Waals surface area contributed by atoms with Gasteiger partial charge >= 0.3 is 0 Å². The largest absolute Gasteiger partial charge is 0.496 e. The van der Waals surface area contributed by atoms with Crippen LogP contribution in [0.1, 0.15) is 42.1 Å². The van der Waals surface area contributed by atoms with Crippen LogP contribution in [0.3, 0.4) is 0 Å². The van der Waals surface area contributed by atoms with Gasteiger partial charge in [-0.05, 0) is 31.4 Å². The molecule has 2 aromatic rings. The lowest BCUT2D eigenvalue weighted by atomic mass is 10.0. The molecule has 1 aromatic heterocycles. The van der Waals surface area contributed by atoms with E-state index >= 15 is 0 Å². The molecule has 0 spiro atoms. The minimum Gasteiger partial charge on any atom is -0.496 e. The van der Waals surface area contributed by atoms with Crippen molar-refractivity contribution in [2.75, 3.05) is 12.4 Å². The summed E-state index contributed by atoms with van der Waals surface area (Å²) >= 11 is 0. The summed E-state index contributed by atoms with van der Waals surface area (Å²) in [6.45, 7) is 9.19. The van der Waals surface area contributed by atoms with Crippen molar-refractivity contribution in [2.45, 2.75) is 40.2 Å². The van der Waals surface area contributed by atoms with E-state index in [-0.39, 0.29) is 0 Å². The molecule has 0 atom stereocenters. The van der Waals surface area contributed by atoms with Crippen LogP contribution >= 0.6 is 0 Å². The maximum absolute atomic E-state index is 5.46. The van der Waals surface area contributed by atoms with Crippen molar-refractivity contribution in [1.29, 1.82) is 0 Å². The minimum absolute atomic E-state index is 0.496. The fourth-order valence-corrected chi connectivity index (χ4v) is 2.59. The zero-order valence-corrected chi connectivity index (χ0v) is 13.5. The van der Waals surface area contributed by atoms with E-state index < -0.39 is 0 Å². The number of para-hydroxylation sites is 1. The summed E-state index contributed by atoms with van der Waals surface area (Å²) in [6, 6.07) is 8.43. The number of benzene rings is 1. The number of aromatic nitrogens is 1. The molecule has 0 fully saturated rings. The minimum atomic E-state index is 0.496. The van der Waals surface area contributed by atoms with Crippen LogP contribution in [0.2, 0.25) is 0 Å². The molecule has 112 valence electrons. The summed E-state index contributed by atoms with van der Waals surface area (Å²) in [7, 11) is 1.71. The third-order valence-electron chi connectivity index (χ3n) is 3.78. The van der Waals surface area contributed by atoms with Gasteiger partial charge in [-0.1, -0.05) is 32.0 Å². The molecule has 21 heavy (non-hydrogen) atoms. The third kappa shape index (κ3) is 3.35. The van der Waals surface area contributed by atoms with Crippen molar-refractivity contribution < 1.29 is 4.74 Å². The monoisotopic (exact) mass is 284 g/mol. The van der Waals surface area contributed by atoms with Crippen LogP contribution in [-0.4, -0.2) is 12.1 Å². The van der Waals surface area contributed by atoms with E-state index in [1.807, 2.05) is 13.1 Å². The third-order valence-corrected chi connectivity index (χ3v) is 3.78. The van der Waals surface area contributed by atoms with Crippen LogP contribution in [-0.2, 0) is 6.54 Å².